The van der Waals surface area contributed by atoms with Gasteiger partial charge in [0.15, 0.2) is 0 Å². The first-order valence-corrected chi connectivity index (χ1v) is 6.45. The zero-order valence-electron chi connectivity index (χ0n) is 11.1. The van der Waals surface area contributed by atoms with Crippen LogP contribution in [0.2, 0.25) is 0 Å². The Morgan fingerprint density at radius 2 is 1.55 bits per heavy atom. The highest BCUT2D eigenvalue weighted by Crippen LogP contribution is 2.05. The molecule has 0 fully saturated rings. The van der Waals surface area contributed by atoms with E-state index in [-0.39, 0.29) is 6.61 Å². The second-order valence-corrected chi connectivity index (χ2v) is 4.17. The summed E-state index contributed by atoms with van der Waals surface area (Å²) < 4.78 is 10.4. The first-order chi connectivity index (χ1) is 9.84. The van der Waals surface area contributed by atoms with Crippen molar-refractivity contribution < 1.29 is 14.3 Å². The Morgan fingerprint density at radius 3 is 2.25 bits per heavy atom. The summed E-state index contributed by atoms with van der Waals surface area (Å²) in [4.78, 5) is 11.5. The van der Waals surface area contributed by atoms with Crippen molar-refractivity contribution in [2.45, 2.75) is 6.61 Å². The lowest BCUT2D eigenvalue weighted by Crippen LogP contribution is -2.16. The van der Waals surface area contributed by atoms with Gasteiger partial charge in [0.2, 0.25) is 0 Å². The molecule has 0 heterocycles. The molecule has 0 atom stereocenters. The molecule has 0 aliphatic rings. The number of carbonyl (C=O) groups is 1. The van der Waals surface area contributed by atoms with Crippen LogP contribution in [-0.2, 0) is 16.1 Å². The maximum atomic E-state index is 11.5. The fourth-order valence-corrected chi connectivity index (χ4v) is 1.63. The fourth-order valence-electron chi connectivity index (χ4n) is 1.63. The van der Waals surface area contributed by atoms with Gasteiger partial charge < -0.3 is 9.47 Å². The van der Waals surface area contributed by atoms with Crippen molar-refractivity contribution in [3.8, 4) is 0 Å². The molecule has 0 aliphatic heterocycles. The number of benzene rings is 2. The van der Waals surface area contributed by atoms with Crippen LogP contribution in [0.3, 0.4) is 0 Å². The lowest BCUT2D eigenvalue weighted by atomic mass is 10.2. The van der Waals surface area contributed by atoms with Gasteiger partial charge in [-0.1, -0.05) is 48.5 Å². The van der Waals surface area contributed by atoms with Crippen molar-refractivity contribution >= 4 is 11.8 Å². The Balaban J connectivity index is 1.58. The normalized spacial score (nSPS) is 10.0. The van der Waals surface area contributed by atoms with Crippen LogP contribution < -0.4 is 5.32 Å². The number of anilines is 1. The number of rotatable bonds is 6. The molecule has 0 spiro atoms. The van der Waals surface area contributed by atoms with Crippen LogP contribution in [0.25, 0.3) is 0 Å². The van der Waals surface area contributed by atoms with E-state index in [0.29, 0.717) is 18.9 Å². The molecular formula is C16H17NO3. The molecule has 1 N–H and O–H groups in total. The molecular weight excluding hydrogens is 254 g/mol. The summed E-state index contributed by atoms with van der Waals surface area (Å²) in [6.07, 6.45) is -0.473. The summed E-state index contributed by atoms with van der Waals surface area (Å²) >= 11 is 0. The predicted molar refractivity (Wildman–Crippen MR) is 77.5 cm³/mol. The van der Waals surface area contributed by atoms with Gasteiger partial charge in [-0.3, -0.25) is 5.32 Å². The zero-order chi connectivity index (χ0) is 14.0. The van der Waals surface area contributed by atoms with E-state index in [0.717, 1.165) is 5.56 Å². The summed E-state index contributed by atoms with van der Waals surface area (Å²) in [7, 11) is 0. The van der Waals surface area contributed by atoms with Crippen LogP contribution in [0.1, 0.15) is 5.56 Å². The molecule has 2 rings (SSSR count). The molecule has 0 saturated carbocycles. The van der Waals surface area contributed by atoms with E-state index in [9.17, 15) is 4.79 Å². The molecule has 4 nitrogen and oxygen atoms in total. The smallest absolute Gasteiger partial charge is 0.411 e. The maximum Gasteiger partial charge on any atom is 0.411 e. The van der Waals surface area contributed by atoms with E-state index in [1.165, 1.54) is 0 Å². The molecule has 2 aromatic rings. The van der Waals surface area contributed by atoms with Crippen molar-refractivity contribution in [3.05, 3.63) is 66.2 Å². The monoisotopic (exact) mass is 271 g/mol. The van der Waals surface area contributed by atoms with Gasteiger partial charge in [0, 0.05) is 5.69 Å². The molecule has 0 radical (unpaired) electrons. The topological polar surface area (TPSA) is 47.6 Å². The van der Waals surface area contributed by atoms with Gasteiger partial charge in [0.05, 0.1) is 13.2 Å². The minimum atomic E-state index is -0.473. The zero-order valence-corrected chi connectivity index (χ0v) is 11.1. The Labute approximate surface area is 118 Å². The largest absolute Gasteiger partial charge is 0.447 e. The van der Waals surface area contributed by atoms with Crippen LogP contribution in [0, 0.1) is 0 Å². The third-order valence-corrected chi connectivity index (χ3v) is 2.59. The Kier molecular flexibility index (Phi) is 5.61. The summed E-state index contributed by atoms with van der Waals surface area (Å²) in [6.45, 7) is 1.12. The number of hydrogen-bond acceptors (Lipinski definition) is 3. The van der Waals surface area contributed by atoms with Gasteiger partial charge in [-0.2, -0.15) is 0 Å². The number of para-hydroxylation sites is 1. The average Bonchev–Trinajstić information content (AvgIpc) is 2.49. The maximum absolute atomic E-state index is 11.5. The molecule has 4 heteroatoms. The summed E-state index contributed by atoms with van der Waals surface area (Å²) in [5.41, 5.74) is 1.81. The number of ether oxygens (including phenoxy) is 2. The molecule has 20 heavy (non-hydrogen) atoms. The van der Waals surface area contributed by atoms with E-state index in [2.05, 4.69) is 5.32 Å². The minimum absolute atomic E-state index is 0.228. The summed E-state index contributed by atoms with van der Waals surface area (Å²) in [5, 5.41) is 2.63. The average molecular weight is 271 g/mol. The van der Waals surface area contributed by atoms with Crippen molar-refractivity contribution in [1.82, 2.24) is 0 Å². The van der Waals surface area contributed by atoms with Gasteiger partial charge in [0.1, 0.15) is 6.61 Å². The molecule has 104 valence electrons. The second-order valence-electron chi connectivity index (χ2n) is 4.17. The highest BCUT2D eigenvalue weighted by molar-refractivity contribution is 5.84. The van der Waals surface area contributed by atoms with Crippen LogP contribution in [0.15, 0.2) is 60.7 Å². The van der Waals surface area contributed by atoms with E-state index < -0.39 is 6.09 Å². The quantitative estimate of drug-likeness (QED) is 0.818. The van der Waals surface area contributed by atoms with Crippen molar-refractivity contribution in [3.63, 3.8) is 0 Å². The number of nitrogens with one attached hydrogen (secondary N) is 1. The predicted octanol–water partition coefficient (Wildman–Crippen LogP) is 3.45. The van der Waals surface area contributed by atoms with Crippen LogP contribution >= 0.6 is 0 Å². The first-order valence-electron chi connectivity index (χ1n) is 6.45. The van der Waals surface area contributed by atoms with Gasteiger partial charge >= 0.3 is 6.09 Å². The fraction of sp³-hybridized carbons (Fsp3) is 0.188. The first kappa shape index (κ1) is 14.1. The van der Waals surface area contributed by atoms with Gasteiger partial charge in [-0.15, -0.1) is 0 Å². The number of carbonyl (C=O) groups excluding carboxylic acids is 1. The van der Waals surface area contributed by atoms with Crippen molar-refractivity contribution in [2.75, 3.05) is 18.5 Å². The van der Waals surface area contributed by atoms with E-state index in [4.69, 9.17) is 9.47 Å². The summed E-state index contributed by atoms with van der Waals surface area (Å²) in [6, 6.07) is 19.0. The van der Waals surface area contributed by atoms with Crippen LogP contribution in [0.5, 0.6) is 0 Å². The van der Waals surface area contributed by atoms with Crippen molar-refractivity contribution in [1.29, 1.82) is 0 Å². The highest BCUT2D eigenvalue weighted by atomic mass is 16.6. The van der Waals surface area contributed by atoms with E-state index >= 15 is 0 Å². The van der Waals surface area contributed by atoms with Crippen molar-refractivity contribution in [2.24, 2.45) is 0 Å². The standard InChI is InChI=1S/C16H17NO3/c18-16(17-15-9-5-2-6-10-15)20-12-11-19-13-14-7-3-1-4-8-14/h1-10H,11-13H2,(H,17,18). The highest BCUT2D eigenvalue weighted by Gasteiger charge is 2.02. The van der Waals surface area contributed by atoms with E-state index in [1.807, 2.05) is 48.5 Å². The second kappa shape index (κ2) is 7.96. The lowest BCUT2D eigenvalue weighted by molar-refractivity contribution is 0.0696. The van der Waals surface area contributed by atoms with E-state index in [1.54, 1.807) is 12.1 Å². The Hall–Kier alpha value is -2.33. The molecule has 0 unspecified atom stereocenters. The van der Waals surface area contributed by atoms with Gasteiger partial charge in [0.25, 0.3) is 0 Å². The molecule has 0 saturated heterocycles. The lowest BCUT2D eigenvalue weighted by Gasteiger charge is -2.07. The van der Waals surface area contributed by atoms with Gasteiger partial charge in [-0.05, 0) is 17.7 Å². The minimum Gasteiger partial charge on any atom is -0.447 e. The third kappa shape index (κ3) is 5.12. The number of amides is 1. The Morgan fingerprint density at radius 1 is 0.900 bits per heavy atom. The molecule has 2 aromatic carbocycles. The summed E-state index contributed by atoms with van der Waals surface area (Å²) in [5.74, 6) is 0. The van der Waals surface area contributed by atoms with Gasteiger partial charge in [-0.25, -0.2) is 4.79 Å². The van der Waals surface area contributed by atoms with Crippen LogP contribution in [-0.4, -0.2) is 19.3 Å². The molecule has 0 bridgehead atoms. The molecule has 0 aromatic heterocycles. The molecule has 1 amide bonds. The molecule has 0 aliphatic carbocycles. The third-order valence-electron chi connectivity index (χ3n) is 2.59. The Bertz CT molecular complexity index is 514. The SMILES string of the molecule is O=C(Nc1ccccc1)OCCOCc1ccccc1. The number of hydrogen-bond donors (Lipinski definition) is 1. The van der Waals surface area contributed by atoms with Crippen LogP contribution in [0.4, 0.5) is 10.5 Å².